The van der Waals surface area contributed by atoms with Crippen molar-refractivity contribution in [2.45, 2.75) is 51.0 Å². The molecule has 7 nitrogen and oxygen atoms in total. The van der Waals surface area contributed by atoms with Gasteiger partial charge in [0.25, 0.3) is 0 Å². The largest absolute Gasteiger partial charge is 0.340 e. The average Bonchev–Trinajstić information content (AvgIpc) is 2.82. The lowest BCUT2D eigenvalue weighted by Crippen LogP contribution is -2.43. The number of aromatic amines is 2. The zero-order valence-electron chi connectivity index (χ0n) is 11.0. The minimum Gasteiger partial charge on any atom is -0.338 e. The van der Waals surface area contributed by atoms with Crippen molar-refractivity contribution in [1.82, 2.24) is 25.8 Å². The fourth-order valence-electron chi connectivity index (χ4n) is 2.36. The molecule has 0 spiro atoms. The number of aromatic nitrogens is 3. The zero-order chi connectivity index (χ0) is 13.5. The van der Waals surface area contributed by atoms with Crippen molar-refractivity contribution in [3.63, 3.8) is 0 Å². The number of carbonyl (C=O) groups is 1. The number of hydrogen-bond acceptors (Lipinski definition) is 3. The Labute approximate surface area is 111 Å². The van der Waals surface area contributed by atoms with Gasteiger partial charge in [-0.1, -0.05) is 19.3 Å². The molecule has 1 aromatic rings. The van der Waals surface area contributed by atoms with Crippen LogP contribution >= 0.6 is 0 Å². The quantitative estimate of drug-likeness (QED) is 0.589. The predicted molar refractivity (Wildman–Crippen MR) is 70.9 cm³/mol. The van der Waals surface area contributed by atoms with Gasteiger partial charge in [-0.05, 0) is 19.3 Å². The van der Waals surface area contributed by atoms with Gasteiger partial charge in [-0.3, -0.25) is 4.98 Å². The molecule has 0 bridgehead atoms. The third-order valence-corrected chi connectivity index (χ3v) is 3.37. The van der Waals surface area contributed by atoms with Crippen LogP contribution in [0.1, 0.15) is 44.3 Å². The van der Waals surface area contributed by atoms with Crippen LogP contribution in [0.15, 0.2) is 4.79 Å². The Morgan fingerprint density at radius 3 is 2.79 bits per heavy atom. The van der Waals surface area contributed by atoms with Crippen molar-refractivity contribution in [2.24, 2.45) is 0 Å². The molecule has 1 aromatic heterocycles. The van der Waals surface area contributed by atoms with Crippen LogP contribution in [0.3, 0.4) is 0 Å². The van der Waals surface area contributed by atoms with E-state index in [-0.39, 0.29) is 11.7 Å². The highest BCUT2D eigenvalue weighted by Gasteiger charge is 2.14. The molecule has 0 saturated heterocycles. The van der Waals surface area contributed by atoms with Gasteiger partial charge in [-0.2, -0.15) is 5.10 Å². The maximum absolute atomic E-state index is 11.6. The normalized spacial score (nSPS) is 16.2. The first kappa shape index (κ1) is 13.6. The molecule has 1 fully saturated rings. The van der Waals surface area contributed by atoms with E-state index >= 15 is 0 Å². The Bertz CT molecular complexity index is 447. The van der Waals surface area contributed by atoms with E-state index in [1.54, 1.807) is 0 Å². The van der Waals surface area contributed by atoms with Crippen LogP contribution in [0.5, 0.6) is 0 Å². The molecule has 1 aliphatic rings. The monoisotopic (exact) mass is 267 g/mol. The predicted octanol–water partition coefficient (Wildman–Crippen LogP) is 0.662. The molecule has 2 amide bonds. The number of urea groups is 1. The number of amides is 2. The topological polar surface area (TPSA) is 103 Å². The summed E-state index contributed by atoms with van der Waals surface area (Å²) in [6, 6.07) is 0.235. The van der Waals surface area contributed by atoms with Crippen molar-refractivity contribution in [3.8, 4) is 0 Å². The number of rotatable bonds is 5. The van der Waals surface area contributed by atoms with Crippen LogP contribution in [0, 0.1) is 0 Å². The molecular formula is C12H21N5O2. The summed E-state index contributed by atoms with van der Waals surface area (Å²) in [6.45, 7) is 0.577. The number of nitrogens with zero attached hydrogens (tertiary/aromatic N) is 1. The molecule has 1 aliphatic carbocycles. The van der Waals surface area contributed by atoms with Crippen molar-refractivity contribution >= 4 is 6.03 Å². The number of aryl methyl sites for hydroxylation is 1. The molecule has 4 N–H and O–H groups in total. The van der Waals surface area contributed by atoms with E-state index in [4.69, 9.17) is 0 Å². The molecule has 0 aromatic carbocycles. The standard InChI is InChI=1S/C12H21N5O2/c18-11(14-9-5-2-1-3-6-9)13-8-4-7-10-15-12(19)17-16-10/h9H,1-8H2,(H2,13,14,18)(H2,15,16,17,19). The van der Waals surface area contributed by atoms with E-state index in [0.29, 0.717) is 24.8 Å². The number of hydrogen-bond donors (Lipinski definition) is 4. The highest BCUT2D eigenvalue weighted by atomic mass is 16.2. The van der Waals surface area contributed by atoms with E-state index in [9.17, 15) is 9.59 Å². The van der Waals surface area contributed by atoms with Gasteiger partial charge in [0.05, 0.1) is 0 Å². The second-order valence-electron chi connectivity index (χ2n) is 4.96. The minimum atomic E-state index is -0.294. The molecule has 0 unspecified atom stereocenters. The summed E-state index contributed by atoms with van der Waals surface area (Å²) in [7, 11) is 0. The molecule has 19 heavy (non-hydrogen) atoms. The van der Waals surface area contributed by atoms with E-state index in [1.807, 2.05) is 0 Å². The SMILES string of the molecule is O=C(NCCCc1n[nH]c(=O)[nH]1)NC1CCCCC1. The first-order valence-electron chi connectivity index (χ1n) is 6.92. The molecule has 1 heterocycles. The van der Waals surface area contributed by atoms with E-state index in [1.165, 1.54) is 19.3 Å². The summed E-state index contributed by atoms with van der Waals surface area (Å²) in [5.74, 6) is 0.625. The van der Waals surface area contributed by atoms with Gasteiger partial charge in [0.1, 0.15) is 5.82 Å². The molecule has 0 atom stereocenters. The lowest BCUT2D eigenvalue weighted by Gasteiger charge is -2.22. The second kappa shape index (κ2) is 6.96. The van der Waals surface area contributed by atoms with Crippen LogP contribution in [0.25, 0.3) is 0 Å². The lowest BCUT2D eigenvalue weighted by molar-refractivity contribution is 0.232. The Kier molecular flexibility index (Phi) is 5.00. The average molecular weight is 267 g/mol. The fourth-order valence-corrected chi connectivity index (χ4v) is 2.36. The maximum Gasteiger partial charge on any atom is 0.340 e. The summed E-state index contributed by atoms with van der Waals surface area (Å²) in [5, 5.41) is 11.9. The minimum absolute atomic E-state index is 0.0950. The summed E-state index contributed by atoms with van der Waals surface area (Å²) in [4.78, 5) is 25.0. The highest BCUT2D eigenvalue weighted by molar-refractivity contribution is 5.74. The molecule has 1 saturated carbocycles. The van der Waals surface area contributed by atoms with Gasteiger partial charge < -0.3 is 10.6 Å². The van der Waals surface area contributed by atoms with Crippen LogP contribution in [0.2, 0.25) is 0 Å². The summed E-state index contributed by atoms with van der Waals surface area (Å²) in [5.41, 5.74) is -0.294. The van der Waals surface area contributed by atoms with Gasteiger partial charge >= 0.3 is 11.7 Å². The molecular weight excluding hydrogens is 246 g/mol. The Hall–Kier alpha value is -1.79. The fraction of sp³-hybridized carbons (Fsp3) is 0.750. The third-order valence-electron chi connectivity index (χ3n) is 3.37. The Balaban J connectivity index is 1.57. The number of nitrogens with one attached hydrogen (secondary N) is 4. The van der Waals surface area contributed by atoms with Crippen LogP contribution in [-0.2, 0) is 6.42 Å². The van der Waals surface area contributed by atoms with Gasteiger partial charge in [-0.25, -0.2) is 14.7 Å². The van der Waals surface area contributed by atoms with Crippen molar-refractivity contribution in [1.29, 1.82) is 0 Å². The summed E-state index contributed by atoms with van der Waals surface area (Å²) in [6.07, 6.45) is 7.25. The first-order valence-corrected chi connectivity index (χ1v) is 6.92. The smallest absolute Gasteiger partial charge is 0.338 e. The van der Waals surface area contributed by atoms with E-state index in [0.717, 1.165) is 19.3 Å². The number of H-pyrrole nitrogens is 2. The van der Waals surface area contributed by atoms with Crippen molar-refractivity contribution in [2.75, 3.05) is 6.54 Å². The molecule has 0 radical (unpaired) electrons. The van der Waals surface area contributed by atoms with Gasteiger partial charge in [0, 0.05) is 19.0 Å². The zero-order valence-corrected chi connectivity index (χ0v) is 11.0. The van der Waals surface area contributed by atoms with Crippen molar-refractivity contribution < 1.29 is 4.79 Å². The molecule has 106 valence electrons. The Morgan fingerprint density at radius 1 is 1.32 bits per heavy atom. The summed E-state index contributed by atoms with van der Waals surface area (Å²) < 4.78 is 0. The van der Waals surface area contributed by atoms with Crippen LogP contribution in [0.4, 0.5) is 4.79 Å². The number of carbonyl (C=O) groups excluding carboxylic acids is 1. The molecule has 0 aliphatic heterocycles. The maximum atomic E-state index is 11.6. The first-order chi connectivity index (χ1) is 9.24. The second-order valence-corrected chi connectivity index (χ2v) is 4.96. The van der Waals surface area contributed by atoms with E-state index < -0.39 is 0 Å². The van der Waals surface area contributed by atoms with Gasteiger partial charge in [0.15, 0.2) is 0 Å². The van der Waals surface area contributed by atoms with Crippen LogP contribution in [-0.4, -0.2) is 33.8 Å². The lowest BCUT2D eigenvalue weighted by atomic mass is 9.96. The third kappa shape index (κ3) is 4.76. The molecule has 7 heteroatoms. The summed E-state index contributed by atoms with van der Waals surface area (Å²) >= 11 is 0. The van der Waals surface area contributed by atoms with Gasteiger partial charge in [0.2, 0.25) is 0 Å². The van der Waals surface area contributed by atoms with Crippen molar-refractivity contribution in [3.05, 3.63) is 16.3 Å². The Morgan fingerprint density at radius 2 is 2.11 bits per heavy atom. The highest BCUT2D eigenvalue weighted by Crippen LogP contribution is 2.16. The van der Waals surface area contributed by atoms with Crippen LogP contribution < -0.4 is 16.3 Å². The molecule has 2 rings (SSSR count). The van der Waals surface area contributed by atoms with Gasteiger partial charge in [-0.15, -0.1) is 0 Å². The van der Waals surface area contributed by atoms with E-state index in [2.05, 4.69) is 25.8 Å².